The molecule has 0 unspecified atom stereocenters. The SMILES string of the molecule is COc1ccccc1CN(C)C(=O)c1cc(O)ccc1O. The maximum Gasteiger partial charge on any atom is 0.257 e. The number of para-hydroxylation sites is 1. The van der Waals surface area contributed by atoms with Gasteiger partial charge >= 0.3 is 0 Å². The van der Waals surface area contributed by atoms with Gasteiger partial charge in [-0.05, 0) is 24.3 Å². The summed E-state index contributed by atoms with van der Waals surface area (Å²) in [6, 6.07) is 11.3. The second kappa shape index (κ2) is 6.17. The summed E-state index contributed by atoms with van der Waals surface area (Å²) in [5.74, 6) is 0.0816. The van der Waals surface area contributed by atoms with E-state index in [4.69, 9.17) is 4.74 Å². The van der Waals surface area contributed by atoms with Crippen LogP contribution in [0, 0.1) is 0 Å². The lowest BCUT2D eigenvalue weighted by Gasteiger charge is -2.19. The number of phenols is 2. The van der Waals surface area contributed by atoms with Crippen molar-refractivity contribution in [1.29, 1.82) is 0 Å². The Morgan fingerprint density at radius 2 is 1.90 bits per heavy atom. The number of phenolic OH excluding ortho intramolecular Hbond substituents is 2. The van der Waals surface area contributed by atoms with Gasteiger partial charge < -0.3 is 19.8 Å². The molecule has 0 saturated carbocycles. The van der Waals surface area contributed by atoms with Crippen LogP contribution in [0.25, 0.3) is 0 Å². The third-order valence-electron chi connectivity index (χ3n) is 3.16. The number of carbonyl (C=O) groups is 1. The fourth-order valence-electron chi connectivity index (χ4n) is 2.06. The van der Waals surface area contributed by atoms with Crippen LogP contribution >= 0.6 is 0 Å². The molecule has 0 atom stereocenters. The van der Waals surface area contributed by atoms with E-state index in [1.165, 1.54) is 23.1 Å². The highest BCUT2D eigenvalue weighted by molar-refractivity contribution is 5.97. The number of hydrogen-bond donors (Lipinski definition) is 2. The molecule has 0 aliphatic rings. The van der Waals surface area contributed by atoms with Crippen LogP contribution < -0.4 is 4.74 Å². The van der Waals surface area contributed by atoms with E-state index in [0.717, 1.165) is 5.56 Å². The third kappa shape index (κ3) is 3.25. The maximum absolute atomic E-state index is 12.3. The average molecular weight is 287 g/mol. The van der Waals surface area contributed by atoms with Gasteiger partial charge in [0.05, 0.1) is 12.7 Å². The molecule has 0 aromatic heterocycles. The van der Waals surface area contributed by atoms with Crippen molar-refractivity contribution in [3.63, 3.8) is 0 Å². The Bertz CT molecular complexity index is 654. The molecule has 2 N–H and O–H groups in total. The van der Waals surface area contributed by atoms with E-state index in [0.29, 0.717) is 12.3 Å². The Balaban J connectivity index is 2.22. The van der Waals surface area contributed by atoms with Gasteiger partial charge in [0.15, 0.2) is 0 Å². The number of aromatic hydroxyl groups is 2. The summed E-state index contributed by atoms with van der Waals surface area (Å²) in [4.78, 5) is 13.8. The normalized spacial score (nSPS) is 10.2. The molecule has 5 nitrogen and oxygen atoms in total. The number of ether oxygens (including phenoxy) is 1. The van der Waals surface area contributed by atoms with E-state index in [2.05, 4.69) is 0 Å². The Kier molecular flexibility index (Phi) is 4.33. The molecule has 5 heteroatoms. The smallest absolute Gasteiger partial charge is 0.257 e. The van der Waals surface area contributed by atoms with Crippen LogP contribution in [0.3, 0.4) is 0 Å². The van der Waals surface area contributed by atoms with Crippen molar-refractivity contribution < 1.29 is 19.7 Å². The van der Waals surface area contributed by atoms with E-state index < -0.39 is 0 Å². The summed E-state index contributed by atoms with van der Waals surface area (Å²) in [6.07, 6.45) is 0. The molecule has 0 spiro atoms. The van der Waals surface area contributed by atoms with Gasteiger partial charge in [-0.15, -0.1) is 0 Å². The third-order valence-corrected chi connectivity index (χ3v) is 3.16. The first-order valence-electron chi connectivity index (χ1n) is 6.42. The van der Waals surface area contributed by atoms with Crippen LogP contribution in [-0.2, 0) is 6.54 Å². The minimum absolute atomic E-state index is 0.0624. The highest BCUT2D eigenvalue weighted by atomic mass is 16.5. The molecule has 21 heavy (non-hydrogen) atoms. The van der Waals surface area contributed by atoms with Crippen molar-refractivity contribution >= 4 is 5.91 Å². The predicted octanol–water partition coefficient (Wildman–Crippen LogP) is 2.38. The summed E-state index contributed by atoms with van der Waals surface area (Å²) in [7, 11) is 3.19. The van der Waals surface area contributed by atoms with E-state index in [-0.39, 0.29) is 23.0 Å². The fourth-order valence-corrected chi connectivity index (χ4v) is 2.06. The Morgan fingerprint density at radius 1 is 1.19 bits per heavy atom. The zero-order valence-electron chi connectivity index (χ0n) is 11.9. The van der Waals surface area contributed by atoms with Gasteiger partial charge in [-0.2, -0.15) is 0 Å². The monoisotopic (exact) mass is 287 g/mol. The van der Waals surface area contributed by atoms with Gasteiger partial charge in [0, 0.05) is 19.2 Å². The van der Waals surface area contributed by atoms with Crippen LogP contribution in [0.4, 0.5) is 0 Å². The molecule has 0 fully saturated rings. The molecule has 2 aromatic rings. The minimum atomic E-state index is -0.380. The number of rotatable bonds is 4. The molecule has 0 aliphatic carbocycles. The summed E-state index contributed by atoms with van der Waals surface area (Å²) in [6.45, 7) is 0.331. The number of nitrogens with zero attached hydrogens (tertiary/aromatic N) is 1. The van der Waals surface area contributed by atoms with Gasteiger partial charge in [0.2, 0.25) is 0 Å². The van der Waals surface area contributed by atoms with Crippen LogP contribution in [0.2, 0.25) is 0 Å². The van der Waals surface area contributed by atoms with Crippen LogP contribution in [0.5, 0.6) is 17.2 Å². The molecule has 0 heterocycles. The molecule has 1 amide bonds. The number of carbonyl (C=O) groups excluding carboxylic acids is 1. The molecule has 0 aliphatic heterocycles. The fraction of sp³-hybridized carbons (Fsp3) is 0.188. The van der Waals surface area contributed by atoms with Crippen molar-refractivity contribution in [3.05, 3.63) is 53.6 Å². The van der Waals surface area contributed by atoms with Crippen molar-refractivity contribution in [2.75, 3.05) is 14.2 Å². The van der Waals surface area contributed by atoms with Crippen LogP contribution in [0.1, 0.15) is 15.9 Å². The first-order valence-corrected chi connectivity index (χ1v) is 6.42. The van der Waals surface area contributed by atoms with E-state index in [1.807, 2.05) is 24.3 Å². The standard InChI is InChI=1S/C16H17NO4/c1-17(10-11-5-3-4-6-15(11)21-2)16(20)13-9-12(18)7-8-14(13)19/h3-9,18-19H,10H2,1-2H3. The number of benzene rings is 2. The summed E-state index contributed by atoms with van der Waals surface area (Å²) >= 11 is 0. The molecular formula is C16H17NO4. The summed E-state index contributed by atoms with van der Waals surface area (Å²) in [5.41, 5.74) is 0.919. The van der Waals surface area contributed by atoms with Gasteiger partial charge in [0.1, 0.15) is 17.2 Å². The van der Waals surface area contributed by atoms with E-state index in [9.17, 15) is 15.0 Å². The van der Waals surface area contributed by atoms with Crippen molar-refractivity contribution in [1.82, 2.24) is 4.90 Å². The first kappa shape index (κ1) is 14.7. The second-order valence-electron chi connectivity index (χ2n) is 4.67. The Hall–Kier alpha value is -2.69. The molecule has 0 radical (unpaired) electrons. The first-order chi connectivity index (χ1) is 10.0. The Labute approximate surface area is 123 Å². The molecule has 2 aromatic carbocycles. The topological polar surface area (TPSA) is 70.0 Å². The van der Waals surface area contributed by atoms with E-state index >= 15 is 0 Å². The summed E-state index contributed by atoms with van der Waals surface area (Å²) in [5, 5.41) is 19.2. The van der Waals surface area contributed by atoms with Crippen LogP contribution in [-0.4, -0.2) is 35.2 Å². The lowest BCUT2D eigenvalue weighted by molar-refractivity contribution is 0.0780. The number of hydrogen-bond acceptors (Lipinski definition) is 4. The number of amides is 1. The van der Waals surface area contributed by atoms with Gasteiger partial charge in [-0.25, -0.2) is 0 Å². The highest BCUT2D eigenvalue weighted by Crippen LogP contribution is 2.25. The zero-order chi connectivity index (χ0) is 15.4. The molecule has 110 valence electrons. The largest absolute Gasteiger partial charge is 0.508 e. The van der Waals surface area contributed by atoms with Crippen LogP contribution in [0.15, 0.2) is 42.5 Å². The van der Waals surface area contributed by atoms with E-state index in [1.54, 1.807) is 14.2 Å². The second-order valence-corrected chi connectivity index (χ2v) is 4.67. The molecule has 2 rings (SSSR count). The molecular weight excluding hydrogens is 270 g/mol. The molecule has 0 bridgehead atoms. The van der Waals surface area contributed by atoms with Crippen molar-refractivity contribution in [2.24, 2.45) is 0 Å². The van der Waals surface area contributed by atoms with Crippen molar-refractivity contribution in [2.45, 2.75) is 6.54 Å². The lowest BCUT2D eigenvalue weighted by atomic mass is 10.1. The van der Waals surface area contributed by atoms with Gasteiger partial charge in [-0.1, -0.05) is 18.2 Å². The Morgan fingerprint density at radius 3 is 2.62 bits per heavy atom. The maximum atomic E-state index is 12.3. The predicted molar refractivity (Wildman–Crippen MR) is 78.6 cm³/mol. The van der Waals surface area contributed by atoms with Crippen molar-refractivity contribution in [3.8, 4) is 17.2 Å². The van der Waals surface area contributed by atoms with Gasteiger partial charge in [0.25, 0.3) is 5.91 Å². The summed E-state index contributed by atoms with van der Waals surface area (Å²) < 4.78 is 5.25. The lowest BCUT2D eigenvalue weighted by Crippen LogP contribution is -2.26. The van der Waals surface area contributed by atoms with Gasteiger partial charge in [-0.3, -0.25) is 4.79 Å². The average Bonchev–Trinajstić information content (AvgIpc) is 2.49. The quantitative estimate of drug-likeness (QED) is 0.847. The highest BCUT2D eigenvalue weighted by Gasteiger charge is 2.17. The zero-order valence-corrected chi connectivity index (χ0v) is 11.9. The minimum Gasteiger partial charge on any atom is -0.508 e. The number of methoxy groups -OCH3 is 1. The molecule has 0 saturated heterocycles.